The number of ether oxygens (including phenoxy) is 1. The highest BCUT2D eigenvalue weighted by molar-refractivity contribution is 6.17. The Bertz CT molecular complexity index is 727. The van der Waals surface area contributed by atoms with E-state index in [1.54, 1.807) is 19.2 Å². The van der Waals surface area contributed by atoms with Crippen LogP contribution in [0.25, 0.3) is 0 Å². The smallest absolute Gasteiger partial charge is 0.340 e. The van der Waals surface area contributed by atoms with E-state index in [9.17, 15) is 9.59 Å². The summed E-state index contributed by atoms with van der Waals surface area (Å²) in [6, 6.07) is 1.76. The predicted octanol–water partition coefficient (Wildman–Crippen LogP) is 1.65. The number of hydrogen-bond donors (Lipinski definition) is 1. The number of nitrogens with zero attached hydrogens (tertiary/aromatic N) is 3. The molecule has 1 unspecified atom stereocenters. The molecule has 1 amide bonds. The minimum Gasteiger partial charge on any atom is -0.461 e. The second kappa shape index (κ2) is 7.95. The Labute approximate surface area is 154 Å². The van der Waals surface area contributed by atoms with Crippen molar-refractivity contribution in [3.05, 3.63) is 29.1 Å². The van der Waals surface area contributed by atoms with Gasteiger partial charge in [-0.3, -0.25) is 9.78 Å². The summed E-state index contributed by atoms with van der Waals surface area (Å²) in [7, 11) is 3.82. The van der Waals surface area contributed by atoms with E-state index in [1.807, 2.05) is 39.8 Å². The summed E-state index contributed by atoms with van der Waals surface area (Å²) in [5.74, 6) is -0.297. The fraction of sp³-hybridized carbons (Fsp3) is 0.579. The van der Waals surface area contributed by atoms with Crippen LogP contribution in [0.1, 0.15) is 49.3 Å². The molecule has 1 aromatic rings. The van der Waals surface area contributed by atoms with Gasteiger partial charge in [-0.05, 0) is 45.0 Å². The third kappa shape index (κ3) is 4.09. The highest BCUT2D eigenvalue weighted by Gasteiger charge is 2.43. The number of likely N-dealkylation sites (N-methyl/N-ethyl adjacent to an activating group) is 1. The lowest BCUT2D eigenvalue weighted by molar-refractivity contribution is -0.124. The Morgan fingerprint density at radius 3 is 2.62 bits per heavy atom. The van der Waals surface area contributed by atoms with Crippen LogP contribution in [-0.2, 0) is 16.0 Å². The van der Waals surface area contributed by atoms with E-state index in [0.717, 1.165) is 12.0 Å². The van der Waals surface area contributed by atoms with Gasteiger partial charge < -0.3 is 15.0 Å². The standard InChI is InChI=1S/C19H28N4O3/c1-7-13-10-14(17(24)26-9-8-23(5)6)15(20-11-13)16-21-18(25)19(4,22-16)12(2)3/h10-12H,7-9H2,1-6H3,(H,21,22,25). The van der Waals surface area contributed by atoms with Crippen LogP contribution in [0.3, 0.4) is 0 Å². The summed E-state index contributed by atoms with van der Waals surface area (Å²) >= 11 is 0. The molecule has 0 saturated heterocycles. The van der Waals surface area contributed by atoms with Crippen LogP contribution in [0, 0.1) is 5.92 Å². The molecule has 7 heteroatoms. The maximum Gasteiger partial charge on any atom is 0.340 e. The number of aliphatic imine (C=N–C) groups is 1. The Balaban J connectivity index is 2.37. The number of amides is 1. The number of hydrogen-bond acceptors (Lipinski definition) is 6. The molecule has 142 valence electrons. The summed E-state index contributed by atoms with van der Waals surface area (Å²) < 4.78 is 5.38. The minimum absolute atomic E-state index is 0.0189. The fourth-order valence-corrected chi connectivity index (χ4v) is 2.49. The number of esters is 1. The van der Waals surface area contributed by atoms with Crippen molar-refractivity contribution in [3.63, 3.8) is 0 Å². The lowest BCUT2D eigenvalue weighted by Crippen LogP contribution is -2.41. The first-order valence-electron chi connectivity index (χ1n) is 8.91. The van der Waals surface area contributed by atoms with E-state index in [4.69, 9.17) is 4.74 Å². The van der Waals surface area contributed by atoms with Gasteiger partial charge in [-0.15, -0.1) is 0 Å². The molecule has 1 aliphatic heterocycles. The zero-order valence-electron chi connectivity index (χ0n) is 16.4. The van der Waals surface area contributed by atoms with E-state index >= 15 is 0 Å². The van der Waals surface area contributed by atoms with E-state index in [2.05, 4.69) is 15.3 Å². The number of carbonyl (C=O) groups excluding carboxylic acids is 2. The molecule has 0 bridgehead atoms. The third-order valence-electron chi connectivity index (χ3n) is 4.73. The Kier molecular flexibility index (Phi) is 6.13. The van der Waals surface area contributed by atoms with Crippen LogP contribution < -0.4 is 5.32 Å². The highest BCUT2D eigenvalue weighted by atomic mass is 16.5. The minimum atomic E-state index is -0.869. The molecule has 1 atom stereocenters. The van der Waals surface area contributed by atoms with Crippen LogP contribution in [0.15, 0.2) is 17.3 Å². The number of rotatable bonds is 7. The lowest BCUT2D eigenvalue weighted by atomic mass is 9.89. The molecule has 1 N–H and O–H groups in total. The molecule has 26 heavy (non-hydrogen) atoms. The number of aryl methyl sites for hydroxylation is 1. The van der Waals surface area contributed by atoms with Gasteiger partial charge in [0, 0.05) is 12.7 Å². The summed E-state index contributed by atoms with van der Waals surface area (Å²) in [5, 5.41) is 2.78. The summed E-state index contributed by atoms with van der Waals surface area (Å²) in [6.07, 6.45) is 2.44. The molecule has 0 saturated carbocycles. The first kappa shape index (κ1) is 20.0. The van der Waals surface area contributed by atoms with Crippen molar-refractivity contribution in [1.29, 1.82) is 0 Å². The van der Waals surface area contributed by atoms with Crippen molar-refractivity contribution < 1.29 is 14.3 Å². The van der Waals surface area contributed by atoms with E-state index in [-0.39, 0.29) is 18.4 Å². The Morgan fingerprint density at radius 2 is 2.08 bits per heavy atom. The topological polar surface area (TPSA) is 83.9 Å². The monoisotopic (exact) mass is 360 g/mol. The molecule has 2 rings (SSSR count). The number of amidine groups is 1. The molecule has 0 spiro atoms. The first-order valence-corrected chi connectivity index (χ1v) is 8.91. The van der Waals surface area contributed by atoms with Crippen LogP contribution in [0.2, 0.25) is 0 Å². The average Bonchev–Trinajstić information content (AvgIpc) is 2.90. The van der Waals surface area contributed by atoms with E-state index < -0.39 is 11.5 Å². The summed E-state index contributed by atoms with van der Waals surface area (Å²) in [6.45, 7) is 8.57. The second-order valence-corrected chi connectivity index (χ2v) is 7.25. The molecule has 0 aliphatic carbocycles. The molecule has 0 aromatic carbocycles. The Morgan fingerprint density at radius 1 is 1.38 bits per heavy atom. The van der Waals surface area contributed by atoms with Crippen molar-refractivity contribution in [2.24, 2.45) is 10.9 Å². The normalized spacial score (nSPS) is 19.7. The van der Waals surface area contributed by atoms with Crippen LogP contribution in [0.5, 0.6) is 0 Å². The molecule has 0 radical (unpaired) electrons. The Hall–Kier alpha value is -2.28. The van der Waals surface area contributed by atoms with Crippen LogP contribution in [0.4, 0.5) is 0 Å². The van der Waals surface area contributed by atoms with Gasteiger partial charge in [0.05, 0.1) is 5.56 Å². The quantitative estimate of drug-likeness (QED) is 0.748. The molecule has 2 heterocycles. The van der Waals surface area contributed by atoms with Gasteiger partial charge in [0.2, 0.25) is 0 Å². The van der Waals surface area contributed by atoms with E-state index in [0.29, 0.717) is 23.6 Å². The summed E-state index contributed by atoms with van der Waals surface area (Å²) in [4.78, 5) is 35.9. The van der Waals surface area contributed by atoms with Crippen LogP contribution in [-0.4, -0.2) is 60.4 Å². The molecule has 1 aliphatic rings. The largest absolute Gasteiger partial charge is 0.461 e. The van der Waals surface area contributed by atoms with Crippen molar-refractivity contribution >= 4 is 17.7 Å². The van der Waals surface area contributed by atoms with Crippen molar-refractivity contribution in [2.75, 3.05) is 27.2 Å². The number of pyridine rings is 1. The zero-order chi connectivity index (χ0) is 19.5. The highest BCUT2D eigenvalue weighted by Crippen LogP contribution is 2.27. The van der Waals surface area contributed by atoms with Crippen molar-refractivity contribution in [3.8, 4) is 0 Å². The molecular formula is C19H28N4O3. The predicted molar refractivity (Wildman–Crippen MR) is 100 cm³/mol. The molecular weight excluding hydrogens is 332 g/mol. The maximum absolute atomic E-state index is 12.6. The molecule has 0 fully saturated rings. The van der Waals surface area contributed by atoms with Crippen molar-refractivity contribution in [1.82, 2.24) is 15.2 Å². The average molecular weight is 360 g/mol. The van der Waals surface area contributed by atoms with Gasteiger partial charge >= 0.3 is 5.97 Å². The second-order valence-electron chi connectivity index (χ2n) is 7.25. The number of nitrogens with one attached hydrogen (secondary N) is 1. The number of aromatic nitrogens is 1. The fourth-order valence-electron chi connectivity index (χ4n) is 2.49. The van der Waals surface area contributed by atoms with Gasteiger partial charge in [-0.1, -0.05) is 20.8 Å². The van der Waals surface area contributed by atoms with Gasteiger partial charge in [-0.2, -0.15) is 0 Å². The molecule has 1 aromatic heterocycles. The lowest BCUT2D eigenvalue weighted by Gasteiger charge is -2.21. The maximum atomic E-state index is 12.6. The van der Waals surface area contributed by atoms with Crippen LogP contribution >= 0.6 is 0 Å². The van der Waals surface area contributed by atoms with Gasteiger partial charge in [-0.25, -0.2) is 9.79 Å². The van der Waals surface area contributed by atoms with Gasteiger partial charge in [0.1, 0.15) is 17.8 Å². The SMILES string of the molecule is CCc1cnc(C2=NC(C)(C(C)C)C(=O)N2)c(C(=O)OCCN(C)C)c1. The summed E-state index contributed by atoms with van der Waals surface area (Å²) in [5.41, 5.74) is 0.738. The van der Waals surface area contributed by atoms with Crippen molar-refractivity contribution in [2.45, 2.75) is 39.7 Å². The first-order chi connectivity index (χ1) is 12.2. The molecule has 7 nitrogen and oxygen atoms in total. The third-order valence-corrected chi connectivity index (χ3v) is 4.73. The number of carbonyl (C=O) groups is 2. The zero-order valence-corrected chi connectivity index (χ0v) is 16.4. The van der Waals surface area contributed by atoms with Gasteiger partial charge in [0.15, 0.2) is 5.84 Å². The van der Waals surface area contributed by atoms with Gasteiger partial charge in [0.25, 0.3) is 5.91 Å². The van der Waals surface area contributed by atoms with E-state index in [1.165, 1.54) is 0 Å².